The highest BCUT2D eigenvalue weighted by molar-refractivity contribution is 6.02. The van der Waals surface area contributed by atoms with E-state index in [9.17, 15) is 22.8 Å². The summed E-state index contributed by atoms with van der Waals surface area (Å²) in [6.07, 6.45) is -3.18. The van der Waals surface area contributed by atoms with Gasteiger partial charge < -0.3 is 9.84 Å². The smallest absolute Gasteiger partial charge is 0.416 e. The summed E-state index contributed by atoms with van der Waals surface area (Å²) in [5, 5.41) is 8.71. The van der Waals surface area contributed by atoms with E-state index < -0.39 is 17.7 Å². The second-order valence-corrected chi connectivity index (χ2v) is 6.35. The third-order valence-corrected chi connectivity index (χ3v) is 4.44. The molecule has 1 aliphatic carbocycles. The third kappa shape index (κ3) is 4.30. The van der Waals surface area contributed by atoms with Crippen molar-refractivity contribution >= 4 is 11.8 Å². The lowest BCUT2D eigenvalue weighted by Crippen LogP contribution is -2.05. The third-order valence-electron chi connectivity index (χ3n) is 4.44. The topological polar surface area (TPSA) is 63.6 Å². The predicted octanol–water partition coefficient (Wildman–Crippen LogP) is 4.74. The van der Waals surface area contributed by atoms with Crippen molar-refractivity contribution in [2.75, 3.05) is 6.61 Å². The number of aryl methyl sites for hydroxylation is 1. The van der Waals surface area contributed by atoms with Crippen LogP contribution in [0.5, 0.6) is 5.75 Å². The van der Waals surface area contributed by atoms with Gasteiger partial charge in [-0.05, 0) is 48.2 Å². The second-order valence-electron chi connectivity index (χ2n) is 6.35. The fraction of sp³-hybridized carbons (Fsp3) is 0.300. The molecule has 0 fully saturated rings. The quantitative estimate of drug-likeness (QED) is 0.737. The van der Waals surface area contributed by atoms with Crippen molar-refractivity contribution < 1.29 is 32.6 Å². The second kappa shape index (κ2) is 7.42. The highest BCUT2D eigenvalue weighted by Gasteiger charge is 2.30. The van der Waals surface area contributed by atoms with Gasteiger partial charge in [-0.3, -0.25) is 9.59 Å². The molecule has 0 aromatic heterocycles. The highest BCUT2D eigenvalue weighted by atomic mass is 19.4. The fourth-order valence-electron chi connectivity index (χ4n) is 3.06. The Kier molecular flexibility index (Phi) is 5.21. The maximum Gasteiger partial charge on any atom is 0.416 e. The number of ketones is 1. The number of benzene rings is 2. The Balaban J connectivity index is 1.93. The first-order chi connectivity index (χ1) is 12.8. The first kappa shape index (κ1) is 18.9. The molecule has 0 aliphatic heterocycles. The number of hydrogen-bond donors (Lipinski definition) is 1. The molecule has 4 nitrogen and oxygen atoms in total. The van der Waals surface area contributed by atoms with Crippen molar-refractivity contribution in [3.05, 3.63) is 53.1 Å². The van der Waals surface area contributed by atoms with Gasteiger partial charge in [-0.2, -0.15) is 13.2 Å². The van der Waals surface area contributed by atoms with Gasteiger partial charge in [0.15, 0.2) is 5.78 Å². The molecule has 0 amide bonds. The summed E-state index contributed by atoms with van der Waals surface area (Å²) in [7, 11) is 0. The van der Waals surface area contributed by atoms with E-state index in [1.807, 2.05) is 0 Å². The first-order valence-electron chi connectivity index (χ1n) is 8.48. The van der Waals surface area contributed by atoms with Crippen LogP contribution in [0.1, 0.15) is 40.7 Å². The number of Topliss-reactive ketones (excluding diaryl/α,β-unsaturated/α-hetero) is 1. The molecule has 0 heterocycles. The largest absolute Gasteiger partial charge is 0.493 e. The molecular weight excluding hydrogens is 361 g/mol. The molecule has 3 rings (SSSR count). The van der Waals surface area contributed by atoms with Gasteiger partial charge in [0, 0.05) is 24.0 Å². The molecule has 0 saturated carbocycles. The molecule has 7 heteroatoms. The Morgan fingerprint density at radius 3 is 2.41 bits per heavy atom. The standard InChI is InChI=1S/C20H17F3O4/c21-20(22,23)14-6-3-12(4-7-14)16-11-15-13(5-8-17(15)24)10-18(16)27-9-1-2-19(25)26/h3-4,6-7,10-11H,1-2,5,8-9H2,(H,25,26). The van der Waals surface area contributed by atoms with Gasteiger partial charge in [0.2, 0.25) is 0 Å². The van der Waals surface area contributed by atoms with Crippen LogP contribution in [0, 0.1) is 0 Å². The van der Waals surface area contributed by atoms with Crippen molar-refractivity contribution in [2.45, 2.75) is 31.9 Å². The Labute approximate surface area is 153 Å². The molecule has 2 aromatic rings. The lowest BCUT2D eigenvalue weighted by atomic mass is 9.98. The minimum absolute atomic E-state index is 0.00408. The van der Waals surface area contributed by atoms with E-state index >= 15 is 0 Å². The zero-order chi connectivity index (χ0) is 19.6. The number of alkyl halides is 3. The Hall–Kier alpha value is -2.83. The Morgan fingerprint density at radius 1 is 1.07 bits per heavy atom. The maximum atomic E-state index is 12.8. The molecule has 0 unspecified atom stereocenters. The number of fused-ring (bicyclic) bond motifs is 1. The minimum Gasteiger partial charge on any atom is -0.493 e. The fourth-order valence-corrected chi connectivity index (χ4v) is 3.06. The molecule has 0 saturated heterocycles. The van der Waals surface area contributed by atoms with Crippen molar-refractivity contribution in [3.63, 3.8) is 0 Å². The van der Waals surface area contributed by atoms with Crippen LogP contribution in [0.15, 0.2) is 36.4 Å². The van der Waals surface area contributed by atoms with E-state index in [1.165, 1.54) is 12.1 Å². The van der Waals surface area contributed by atoms with Gasteiger partial charge >= 0.3 is 12.1 Å². The van der Waals surface area contributed by atoms with Crippen molar-refractivity contribution in [1.29, 1.82) is 0 Å². The van der Waals surface area contributed by atoms with Gasteiger partial charge in [0.25, 0.3) is 0 Å². The summed E-state index contributed by atoms with van der Waals surface area (Å²) >= 11 is 0. The van der Waals surface area contributed by atoms with Gasteiger partial charge in [-0.15, -0.1) is 0 Å². The lowest BCUT2D eigenvalue weighted by Gasteiger charge is -2.15. The minimum atomic E-state index is -4.43. The van der Waals surface area contributed by atoms with Crippen LogP contribution in [0.3, 0.4) is 0 Å². The van der Waals surface area contributed by atoms with E-state index in [0.29, 0.717) is 41.7 Å². The first-order valence-corrected chi connectivity index (χ1v) is 8.48. The van der Waals surface area contributed by atoms with Crippen molar-refractivity contribution in [3.8, 4) is 16.9 Å². The van der Waals surface area contributed by atoms with Crippen molar-refractivity contribution in [1.82, 2.24) is 0 Å². The summed E-state index contributed by atoms with van der Waals surface area (Å²) in [6.45, 7) is 0.159. The normalized spacial score (nSPS) is 13.5. The van der Waals surface area contributed by atoms with Crippen LogP contribution in [0.25, 0.3) is 11.1 Å². The molecule has 2 aromatic carbocycles. The monoisotopic (exact) mass is 378 g/mol. The molecule has 27 heavy (non-hydrogen) atoms. The summed E-state index contributed by atoms with van der Waals surface area (Å²) in [4.78, 5) is 22.6. The molecule has 142 valence electrons. The predicted molar refractivity (Wildman–Crippen MR) is 91.9 cm³/mol. The maximum absolute atomic E-state index is 12.8. The number of hydrogen-bond acceptors (Lipinski definition) is 3. The van der Waals surface area contributed by atoms with Gasteiger partial charge in [0.05, 0.1) is 12.2 Å². The molecular formula is C20H17F3O4. The number of carbonyl (C=O) groups is 2. The summed E-state index contributed by atoms with van der Waals surface area (Å²) < 4.78 is 44.1. The van der Waals surface area contributed by atoms with E-state index in [1.54, 1.807) is 12.1 Å². The van der Waals surface area contributed by atoms with E-state index in [2.05, 4.69) is 0 Å². The molecule has 0 atom stereocenters. The van der Waals surface area contributed by atoms with Crippen LogP contribution in [-0.2, 0) is 17.4 Å². The summed E-state index contributed by atoms with van der Waals surface area (Å²) in [6, 6.07) is 8.03. The summed E-state index contributed by atoms with van der Waals surface area (Å²) in [5.74, 6) is -0.495. The molecule has 0 spiro atoms. The molecule has 1 N–H and O–H groups in total. The van der Waals surface area contributed by atoms with E-state index in [-0.39, 0.29) is 18.8 Å². The number of carboxylic acids is 1. The zero-order valence-electron chi connectivity index (χ0n) is 14.3. The molecule has 1 aliphatic rings. The van der Waals surface area contributed by atoms with Crippen LogP contribution in [0.4, 0.5) is 13.2 Å². The van der Waals surface area contributed by atoms with E-state index in [4.69, 9.17) is 9.84 Å². The van der Waals surface area contributed by atoms with Crippen LogP contribution >= 0.6 is 0 Å². The number of aliphatic carboxylic acids is 1. The summed E-state index contributed by atoms with van der Waals surface area (Å²) in [5.41, 5.74) is 1.66. The average molecular weight is 378 g/mol. The van der Waals surface area contributed by atoms with Gasteiger partial charge in [0.1, 0.15) is 5.75 Å². The Bertz CT molecular complexity index is 870. The SMILES string of the molecule is O=C(O)CCCOc1cc2c(cc1-c1ccc(C(F)(F)F)cc1)C(=O)CC2. The lowest BCUT2D eigenvalue weighted by molar-refractivity contribution is -0.138. The number of carbonyl (C=O) groups excluding carboxylic acids is 1. The number of ether oxygens (including phenoxy) is 1. The molecule has 0 bridgehead atoms. The van der Waals surface area contributed by atoms with Crippen LogP contribution in [0.2, 0.25) is 0 Å². The highest BCUT2D eigenvalue weighted by Crippen LogP contribution is 2.38. The number of halogens is 3. The van der Waals surface area contributed by atoms with Crippen molar-refractivity contribution in [2.24, 2.45) is 0 Å². The zero-order valence-corrected chi connectivity index (χ0v) is 14.3. The molecule has 0 radical (unpaired) electrons. The van der Waals surface area contributed by atoms with E-state index in [0.717, 1.165) is 17.7 Å². The number of carboxylic acid groups (broad SMARTS) is 1. The Morgan fingerprint density at radius 2 is 1.78 bits per heavy atom. The number of rotatable bonds is 6. The van der Waals surface area contributed by atoms with Crippen LogP contribution < -0.4 is 4.74 Å². The average Bonchev–Trinajstić information content (AvgIpc) is 2.97. The van der Waals surface area contributed by atoms with Gasteiger partial charge in [-0.1, -0.05) is 12.1 Å². The van der Waals surface area contributed by atoms with Crippen LogP contribution in [-0.4, -0.2) is 23.5 Å². The van der Waals surface area contributed by atoms with Gasteiger partial charge in [-0.25, -0.2) is 0 Å².